The van der Waals surface area contributed by atoms with E-state index in [0.29, 0.717) is 23.8 Å². The first kappa shape index (κ1) is 13.2. The molecule has 0 fully saturated rings. The number of hydrogen-bond donors (Lipinski definition) is 2. The van der Waals surface area contributed by atoms with E-state index in [9.17, 15) is 4.79 Å². The number of amides is 1. The minimum atomic E-state index is -0.133. The fraction of sp³-hybridized carbons (Fsp3) is 0.308. The summed E-state index contributed by atoms with van der Waals surface area (Å²) in [4.78, 5) is 15.8. The number of anilines is 1. The zero-order chi connectivity index (χ0) is 13.7. The molecule has 1 aromatic carbocycles. The molecule has 0 bridgehead atoms. The van der Waals surface area contributed by atoms with Gasteiger partial charge in [0.15, 0.2) is 5.82 Å². The van der Waals surface area contributed by atoms with E-state index >= 15 is 0 Å². The van der Waals surface area contributed by atoms with Crippen molar-refractivity contribution in [1.82, 2.24) is 10.1 Å². The number of aryl methyl sites for hydroxylation is 2. The Bertz CT molecular complexity index is 566. The molecule has 0 aliphatic heterocycles. The minimum Gasteiger partial charge on any atom is -0.392 e. The Morgan fingerprint density at radius 3 is 3.00 bits per heavy atom. The van der Waals surface area contributed by atoms with E-state index in [1.54, 1.807) is 31.2 Å². The van der Waals surface area contributed by atoms with Crippen LogP contribution in [-0.4, -0.2) is 21.2 Å². The van der Waals surface area contributed by atoms with Gasteiger partial charge >= 0.3 is 0 Å². The fourth-order valence-corrected chi connectivity index (χ4v) is 1.63. The summed E-state index contributed by atoms with van der Waals surface area (Å²) in [6.45, 7) is 1.68. The lowest BCUT2D eigenvalue weighted by Crippen LogP contribution is -2.12. The zero-order valence-electron chi connectivity index (χ0n) is 10.6. The average Bonchev–Trinajstić information content (AvgIpc) is 2.82. The fourth-order valence-electron chi connectivity index (χ4n) is 1.63. The highest BCUT2D eigenvalue weighted by Gasteiger charge is 2.07. The van der Waals surface area contributed by atoms with Crippen molar-refractivity contribution in [3.05, 3.63) is 41.5 Å². The van der Waals surface area contributed by atoms with Crippen LogP contribution in [0, 0.1) is 6.92 Å². The molecule has 1 amide bonds. The van der Waals surface area contributed by atoms with Gasteiger partial charge in [0.25, 0.3) is 0 Å². The maximum atomic E-state index is 11.7. The number of benzene rings is 1. The van der Waals surface area contributed by atoms with Crippen molar-refractivity contribution >= 4 is 11.6 Å². The molecule has 6 nitrogen and oxygen atoms in total. The molecule has 2 aromatic rings. The van der Waals surface area contributed by atoms with Gasteiger partial charge in [0, 0.05) is 18.5 Å². The van der Waals surface area contributed by atoms with Gasteiger partial charge in [0.05, 0.1) is 6.61 Å². The van der Waals surface area contributed by atoms with Gasteiger partial charge in [0.1, 0.15) is 0 Å². The molecule has 2 rings (SSSR count). The second-order valence-electron chi connectivity index (χ2n) is 4.14. The molecule has 0 spiro atoms. The van der Waals surface area contributed by atoms with Crippen molar-refractivity contribution in [2.24, 2.45) is 0 Å². The summed E-state index contributed by atoms with van der Waals surface area (Å²) in [6.07, 6.45) is 0.678. The van der Waals surface area contributed by atoms with Gasteiger partial charge in [-0.15, -0.1) is 0 Å². The third-order valence-electron chi connectivity index (χ3n) is 2.53. The Balaban J connectivity index is 1.86. The van der Waals surface area contributed by atoms with Crippen LogP contribution in [0.15, 0.2) is 28.8 Å². The quantitative estimate of drug-likeness (QED) is 0.850. The van der Waals surface area contributed by atoms with Crippen molar-refractivity contribution in [3.8, 4) is 0 Å². The lowest BCUT2D eigenvalue weighted by atomic mass is 10.2. The third-order valence-corrected chi connectivity index (χ3v) is 2.53. The van der Waals surface area contributed by atoms with Crippen molar-refractivity contribution in [2.45, 2.75) is 26.4 Å². The summed E-state index contributed by atoms with van der Waals surface area (Å²) in [6, 6.07) is 7.07. The van der Waals surface area contributed by atoms with Crippen LogP contribution in [0.5, 0.6) is 0 Å². The molecule has 0 saturated carbocycles. The number of aliphatic hydroxyl groups is 1. The van der Waals surface area contributed by atoms with Crippen LogP contribution in [0.1, 0.15) is 23.7 Å². The van der Waals surface area contributed by atoms with Crippen LogP contribution in [0.2, 0.25) is 0 Å². The predicted octanol–water partition coefficient (Wildman–Crippen LogP) is 1.44. The summed E-state index contributed by atoms with van der Waals surface area (Å²) in [7, 11) is 0. The van der Waals surface area contributed by atoms with Crippen LogP contribution in [0.4, 0.5) is 5.69 Å². The molecule has 0 radical (unpaired) electrons. The van der Waals surface area contributed by atoms with Crippen molar-refractivity contribution in [2.75, 3.05) is 5.32 Å². The smallest absolute Gasteiger partial charge is 0.227 e. The number of nitrogens with one attached hydrogen (secondary N) is 1. The number of aromatic nitrogens is 2. The van der Waals surface area contributed by atoms with E-state index in [1.165, 1.54) is 0 Å². The highest BCUT2D eigenvalue weighted by Crippen LogP contribution is 2.11. The number of hydrogen-bond acceptors (Lipinski definition) is 5. The molecule has 0 saturated heterocycles. The number of aliphatic hydroxyl groups excluding tert-OH is 1. The van der Waals surface area contributed by atoms with E-state index in [0.717, 1.165) is 5.56 Å². The standard InChI is InChI=1S/C13H15N3O3/c1-9-14-13(19-16-9)6-5-12(18)15-11-4-2-3-10(7-11)8-17/h2-4,7,17H,5-6,8H2,1H3,(H,15,18). The Morgan fingerprint density at radius 1 is 1.47 bits per heavy atom. The van der Waals surface area contributed by atoms with Crippen LogP contribution in [0.25, 0.3) is 0 Å². The number of carbonyl (C=O) groups is 1. The van der Waals surface area contributed by atoms with Crippen molar-refractivity contribution < 1.29 is 14.4 Å². The zero-order valence-corrected chi connectivity index (χ0v) is 10.6. The van der Waals surface area contributed by atoms with Gasteiger partial charge < -0.3 is 14.9 Å². The van der Waals surface area contributed by atoms with E-state index < -0.39 is 0 Å². The summed E-state index contributed by atoms with van der Waals surface area (Å²) in [5.74, 6) is 0.883. The minimum absolute atomic E-state index is 0.0506. The van der Waals surface area contributed by atoms with Gasteiger partial charge in [-0.05, 0) is 24.6 Å². The monoisotopic (exact) mass is 261 g/mol. The van der Waals surface area contributed by atoms with Crippen LogP contribution in [-0.2, 0) is 17.8 Å². The Hall–Kier alpha value is -2.21. The third kappa shape index (κ3) is 3.89. The Kier molecular flexibility index (Phi) is 4.25. The van der Waals surface area contributed by atoms with Gasteiger partial charge in [-0.25, -0.2) is 0 Å². The molecule has 2 N–H and O–H groups in total. The lowest BCUT2D eigenvalue weighted by molar-refractivity contribution is -0.116. The summed E-state index contributed by atoms with van der Waals surface area (Å²) in [5, 5.41) is 15.4. The summed E-state index contributed by atoms with van der Waals surface area (Å²) >= 11 is 0. The van der Waals surface area contributed by atoms with Crippen molar-refractivity contribution in [1.29, 1.82) is 0 Å². The van der Waals surface area contributed by atoms with Gasteiger partial charge in [-0.2, -0.15) is 4.98 Å². The molecule has 0 aliphatic rings. The predicted molar refractivity (Wildman–Crippen MR) is 68.4 cm³/mol. The van der Waals surface area contributed by atoms with E-state index in [4.69, 9.17) is 9.63 Å². The topological polar surface area (TPSA) is 88.2 Å². The first-order chi connectivity index (χ1) is 9.17. The molecular formula is C13H15N3O3. The van der Waals surface area contributed by atoms with Gasteiger partial charge in [-0.1, -0.05) is 17.3 Å². The lowest BCUT2D eigenvalue weighted by Gasteiger charge is -2.05. The first-order valence-electron chi connectivity index (χ1n) is 5.96. The van der Waals surface area contributed by atoms with E-state index in [1.807, 2.05) is 0 Å². The maximum absolute atomic E-state index is 11.7. The molecule has 0 unspecified atom stereocenters. The highest BCUT2D eigenvalue weighted by molar-refractivity contribution is 5.90. The molecule has 1 heterocycles. The van der Waals surface area contributed by atoms with Gasteiger partial charge in [-0.3, -0.25) is 4.79 Å². The number of carbonyl (C=O) groups excluding carboxylic acids is 1. The molecule has 0 atom stereocenters. The largest absolute Gasteiger partial charge is 0.392 e. The van der Waals surface area contributed by atoms with E-state index in [2.05, 4.69) is 15.5 Å². The maximum Gasteiger partial charge on any atom is 0.227 e. The summed E-state index contributed by atoms with van der Waals surface area (Å²) in [5.41, 5.74) is 1.42. The molecule has 1 aromatic heterocycles. The number of rotatable bonds is 5. The molecular weight excluding hydrogens is 246 g/mol. The van der Waals surface area contributed by atoms with Gasteiger partial charge in [0.2, 0.25) is 11.8 Å². The van der Waals surface area contributed by atoms with Crippen LogP contribution < -0.4 is 5.32 Å². The molecule has 0 aliphatic carbocycles. The molecule has 19 heavy (non-hydrogen) atoms. The first-order valence-corrected chi connectivity index (χ1v) is 5.96. The Labute approximate surface area is 110 Å². The normalized spacial score (nSPS) is 10.4. The second-order valence-corrected chi connectivity index (χ2v) is 4.14. The Morgan fingerprint density at radius 2 is 2.32 bits per heavy atom. The second kappa shape index (κ2) is 6.10. The summed E-state index contributed by atoms with van der Waals surface area (Å²) < 4.78 is 4.93. The average molecular weight is 261 g/mol. The SMILES string of the molecule is Cc1noc(CCC(=O)Nc2cccc(CO)c2)n1. The highest BCUT2D eigenvalue weighted by atomic mass is 16.5. The molecule has 100 valence electrons. The molecule has 6 heteroatoms. The van der Waals surface area contributed by atoms with Crippen molar-refractivity contribution in [3.63, 3.8) is 0 Å². The van der Waals surface area contributed by atoms with E-state index in [-0.39, 0.29) is 18.9 Å². The van der Waals surface area contributed by atoms with Crippen LogP contribution in [0.3, 0.4) is 0 Å². The number of nitrogens with zero attached hydrogens (tertiary/aromatic N) is 2. The van der Waals surface area contributed by atoms with Crippen LogP contribution >= 0.6 is 0 Å².